The first-order chi connectivity index (χ1) is 9.24. The molecule has 1 aromatic carbocycles. The molecule has 100 valence electrons. The molecule has 0 atom stereocenters. The largest absolute Gasteiger partial charge is 0.396 e. The van der Waals surface area contributed by atoms with Crippen molar-refractivity contribution in [3.63, 3.8) is 0 Å². The summed E-state index contributed by atoms with van der Waals surface area (Å²) < 4.78 is 5.29. The fourth-order valence-corrected chi connectivity index (χ4v) is 2.33. The van der Waals surface area contributed by atoms with Gasteiger partial charge in [-0.3, -0.25) is 4.90 Å². The lowest BCUT2D eigenvalue weighted by Crippen LogP contribution is -2.47. The molecule has 0 radical (unpaired) electrons. The Morgan fingerprint density at radius 2 is 2.26 bits per heavy atom. The smallest absolute Gasteiger partial charge is 0.257 e. The summed E-state index contributed by atoms with van der Waals surface area (Å²) in [5, 5.41) is 13.0. The zero-order valence-electron chi connectivity index (χ0n) is 10.9. The molecule has 5 nitrogen and oxygen atoms in total. The number of hydrogen-bond donors (Lipinski definition) is 1. The van der Waals surface area contributed by atoms with Crippen molar-refractivity contribution in [2.75, 3.05) is 19.7 Å². The van der Waals surface area contributed by atoms with Crippen molar-refractivity contribution in [1.82, 2.24) is 15.0 Å². The highest BCUT2D eigenvalue weighted by molar-refractivity contribution is 5.53. The van der Waals surface area contributed by atoms with Crippen LogP contribution in [0.25, 0.3) is 11.5 Å². The topological polar surface area (TPSA) is 62.4 Å². The van der Waals surface area contributed by atoms with Crippen molar-refractivity contribution >= 4 is 0 Å². The lowest BCUT2D eigenvalue weighted by Gasteiger charge is -2.37. The van der Waals surface area contributed by atoms with Gasteiger partial charge in [0.1, 0.15) is 0 Å². The second kappa shape index (κ2) is 5.11. The van der Waals surface area contributed by atoms with Crippen molar-refractivity contribution in [2.45, 2.75) is 13.5 Å². The number of aliphatic hydroxyl groups excluding tert-OH is 1. The highest BCUT2D eigenvalue weighted by atomic mass is 16.5. The molecule has 0 saturated carbocycles. The SMILES string of the molecule is Cc1cccc(-c2nc(CN3CC(CO)C3)no2)c1. The number of likely N-dealkylation sites (tertiary alicyclic amines) is 1. The molecule has 3 rings (SSSR count). The van der Waals surface area contributed by atoms with E-state index in [9.17, 15) is 0 Å². The van der Waals surface area contributed by atoms with Crippen LogP contribution >= 0.6 is 0 Å². The van der Waals surface area contributed by atoms with Crippen molar-refractivity contribution in [1.29, 1.82) is 0 Å². The summed E-state index contributed by atoms with van der Waals surface area (Å²) in [4.78, 5) is 6.61. The molecule has 1 fully saturated rings. The third-order valence-electron chi connectivity index (χ3n) is 3.39. The molecule has 0 unspecified atom stereocenters. The molecule has 5 heteroatoms. The molecule has 0 aliphatic carbocycles. The van der Waals surface area contributed by atoms with Crippen LogP contribution in [-0.4, -0.2) is 39.8 Å². The zero-order valence-corrected chi connectivity index (χ0v) is 10.9. The van der Waals surface area contributed by atoms with E-state index in [-0.39, 0.29) is 6.61 Å². The Balaban J connectivity index is 1.67. The van der Waals surface area contributed by atoms with Gasteiger partial charge in [-0.05, 0) is 19.1 Å². The van der Waals surface area contributed by atoms with Crippen molar-refractivity contribution in [3.8, 4) is 11.5 Å². The van der Waals surface area contributed by atoms with Crippen LogP contribution in [-0.2, 0) is 6.54 Å². The lowest BCUT2D eigenvalue weighted by atomic mass is 10.0. The first-order valence-electron chi connectivity index (χ1n) is 6.47. The quantitative estimate of drug-likeness (QED) is 0.901. The molecule has 0 spiro atoms. The van der Waals surface area contributed by atoms with E-state index in [4.69, 9.17) is 9.63 Å². The van der Waals surface area contributed by atoms with Crippen molar-refractivity contribution in [3.05, 3.63) is 35.7 Å². The van der Waals surface area contributed by atoms with Gasteiger partial charge < -0.3 is 9.63 Å². The summed E-state index contributed by atoms with van der Waals surface area (Å²) in [5.74, 6) is 1.67. The molecule has 1 aromatic heterocycles. The van der Waals surface area contributed by atoms with Gasteiger partial charge in [-0.25, -0.2) is 0 Å². The predicted molar refractivity (Wildman–Crippen MR) is 70.3 cm³/mol. The third kappa shape index (κ3) is 2.67. The minimum atomic E-state index is 0.261. The molecule has 1 aliphatic rings. The maximum atomic E-state index is 8.97. The fraction of sp³-hybridized carbons (Fsp3) is 0.429. The van der Waals surface area contributed by atoms with E-state index in [1.54, 1.807) is 0 Å². The van der Waals surface area contributed by atoms with Crippen LogP contribution < -0.4 is 0 Å². The van der Waals surface area contributed by atoms with Crippen LogP contribution in [0.3, 0.4) is 0 Å². The van der Waals surface area contributed by atoms with E-state index < -0.39 is 0 Å². The van der Waals surface area contributed by atoms with Crippen molar-refractivity contribution < 1.29 is 9.63 Å². The number of nitrogens with zero attached hydrogens (tertiary/aromatic N) is 3. The summed E-state index contributed by atoms with van der Waals surface area (Å²) in [7, 11) is 0. The summed E-state index contributed by atoms with van der Waals surface area (Å²) in [5.41, 5.74) is 2.13. The lowest BCUT2D eigenvalue weighted by molar-refractivity contribution is 0.0454. The van der Waals surface area contributed by atoms with E-state index in [0.29, 0.717) is 24.2 Å². The number of aromatic nitrogens is 2. The molecule has 1 N–H and O–H groups in total. The molecule has 2 aromatic rings. The van der Waals surface area contributed by atoms with Gasteiger partial charge in [0.2, 0.25) is 0 Å². The number of benzene rings is 1. The Morgan fingerprint density at radius 3 is 3.00 bits per heavy atom. The number of hydrogen-bond acceptors (Lipinski definition) is 5. The average Bonchev–Trinajstić information content (AvgIpc) is 2.82. The highest BCUT2D eigenvalue weighted by Gasteiger charge is 2.27. The third-order valence-corrected chi connectivity index (χ3v) is 3.39. The number of aryl methyl sites for hydroxylation is 1. The summed E-state index contributed by atoms with van der Waals surface area (Å²) in [6, 6.07) is 8.02. The molecule has 19 heavy (non-hydrogen) atoms. The Bertz CT molecular complexity index is 561. The van der Waals surface area contributed by atoms with Crippen LogP contribution in [0.15, 0.2) is 28.8 Å². The summed E-state index contributed by atoms with van der Waals surface area (Å²) in [6.45, 7) is 4.80. The van der Waals surface area contributed by atoms with E-state index in [1.807, 2.05) is 31.2 Å². The molecule has 1 aliphatic heterocycles. The molecule has 0 bridgehead atoms. The Hall–Kier alpha value is -1.72. The van der Waals surface area contributed by atoms with Gasteiger partial charge >= 0.3 is 0 Å². The highest BCUT2D eigenvalue weighted by Crippen LogP contribution is 2.20. The normalized spacial score (nSPS) is 16.5. The molecule has 2 heterocycles. The van der Waals surface area contributed by atoms with Gasteiger partial charge in [0.05, 0.1) is 6.54 Å². The minimum Gasteiger partial charge on any atom is -0.396 e. The Kier molecular flexibility index (Phi) is 3.31. The standard InChI is InChI=1S/C14H17N3O2/c1-10-3-2-4-12(5-10)14-15-13(16-19-14)8-17-6-11(7-17)9-18/h2-5,11,18H,6-9H2,1H3. The van der Waals surface area contributed by atoms with Crippen molar-refractivity contribution in [2.24, 2.45) is 5.92 Å². The van der Waals surface area contributed by atoms with Gasteiger partial charge in [0.15, 0.2) is 5.82 Å². The van der Waals surface area contributed by atoms with Crippen LogP contribution in [0.5, 0.6) is 0 Å². The van der Waals surface area contributed by atoms with Gasteiger partial charge in [-0.2, -0.15) is 4.98 Å². The van der Waals surface area contributed by atoms with E-state index >= 15 is 0 Å². The fourth-order valence-electron chi connectivity index (χ4n) is 2.33. The number of aliphatic hydroxyl groups is 1. The van der Waals surface area contributed by atoms with Crippen LogP contribution in [0, 0.1) is 12.8 Å². The minimum absolute atomic E-state index is 0.261. The zero-order chi connectivity index (χ0) is 13.2. The molecule has 1 saturated heterocycles. The number of rotatable bonds is 4. The average molecular weight is 259 g/mol. The Labute approximate surface area is 111 Å². The summed E-state index contributed by atoms with van der Waals surface area (Å²) >= 11 is 0. The van der Waals surface area contributed by atoms with E-state index in [2.05, 4.69) is 15.0 Å². The molecule has 0 amide bonds. The molecular formula is C14H17N3O2. The monoisotopic (exact) mass is 259 g/mol. The van der Waals surface area contributed by atoms with Gasteiger partial charge in [-0.1, -0.05) is 22.9 Å². The first-order valence-corrected chi connectivity index (χ1v) is 6.47. The van der Waals surface area contributed by atoms with Gasteiger partial charge in [0, 0.05) is 31.2 Å². The Morgan fingerprint density at radius 1 is 1.42 bits per heavy atom. The second-order valence-corrected chi connectivity index (χ2v) is 5.13. The summed E-state index contributed by atoms with van der Waals surface area (Å²) in [6.07, 6.45) is 0. The van der Waals surface area contributed by atoms with Gasteiger partial charge in [-0.15, -0.1) is 0 Å². The van der Waals surface area contributed by atoms with E-state index in [1.165, 1.54) is 5.56 Å². The molecular weight excluding hydrogens is 242 g/mol. The maximum absolute atomic E-state index is 8.97. The van der Waals surface area contributed by atoms with Crippen LogP contribution in [0.2, 0.25) is 0 Å². The second-order valence-electron chi connectivity index (χ2n) is 5.13. The van der Waals surface area contributed by atoms with Crippen LogP contribution in [0.1, 0.15) is 11.4 Å². The van der Waals surface area contributed by atoms with E-state index in [0.717, 1.165) is 18.7 Å². The van der Waals surface area contributed by atoms with Crippen LogP contribution in [0.4, 0.5) is 0 Å². The maximum Gasteiger partial charge on any atom is 0.257 e. The first kappa shape index (κ1) is 12.3. The van der Waals surface area contributed by atoms with Gasteiger partial charge in [0.25, 0.3) is 5.89 Å². The predicted octanol–water partition coefficient (Wildman–Crippen LogP) is 1.47.